The number of aromatic nitrogens is 1. The second-order valence-electron chi connectivity index (χ2n) is 11.6. The van der Waals surface area contributed by atoms with E-state index in [9.17, 15) is 24.3 Å². The van der Waals surface area contributed by atoms with Crippen LogP contribution in [0.1, 0.15) is 114 Å². The first-order valence-corrected chi connectivity index (χ1v) is 16.0. The summed E-state index contributed by atoms with van der Waals surface area (Å²) in [7, 11) is 1.94. The highest BCUT2D eigenvalue weighted by Gasteiger charge is 2.38. The van der Waals surface area contributed by atoms with Gasteiger partial charge in [-0.15, -0.1) is 11.3 Å². The van der Waals surface area contributed by atoms with E-state index >= 15 is 0 Å². The Balaban J connectivity index is 2.41. The van der Waals surface area contributed by atoms with E-state index < -0.39 is 12.0 Å². The second-order valence-corrected chi connectivity index (χ2v) is 12.5. The molecule has 0 saturated carbocycles. The molecule has 10 nitrogen and oxygen atoms in total. The van der Waals surface area contributed by atoms with Crippen LogP contribution in [0.2, 0.25) is 0 Å². The van der Waals surface area contributed by atoms with Crippen molar-refractivity contribution in [1.82, 2.24) is 20.1 Å². The first-order valence-electron chi connectivity index (χ1n) is 15.1. The minimum absolute atomic E-state index is 0.00505. The predicted octanol–water partition coefficient (Wildman–Crippen LogP) is 4.89. The van der Waals surface area contributed by atoms with Gasteiger partial charge in [-0.2, -0.15) is 0 Å². The number of hydrogen-bond acceptors (Lipinski definition) is 8. The highest BCUT2D eigenvalue weighted by molar-refractivity contribution is 7.09. The Morgan fingerprint density at radius 2 is 1.88 bits per heavy atom. The Morgan fingerprint density at radius 3 is 2.41 bits per heavy atom. The van der Waals surface area contributed by atoms with E-state index in [1.807, 2.05) is 53.5 Å². The predicted molar refractivity (Wildman–Crippen MR) is 160 cm³/mol. The summed E-state index contributed by atoms with van der Waals surface area (Å²) in [6, 6.07) is -1.38. The zero-order valence-corrected chi connectivity index (χ0v) is 26.7. The van der Waals surface area contributed by atoms with Crippen LogP contribution < -0.4 is 5.32 Å². The quantitative estimate of drug-likeness (QED) is 0.204. The fourth-order valence-corrected chi connectivity index (χ4v) is 6.32. The van der Waals surface area contributed by atoms with E-state index in [4.69, 9.17) is 4.74 Å². The number of carbonyl (C=O) groups is 4. The van der Waals surface area contributed by atoms with Crippen LogP contribution in [0, 0.1) is 11.8 Å². The minimum atomic E-state index is -1.07. The van der Waals surface area contributed by atoms with Crippen LogP contribution in [-0.4, -0.2) is 82.1 Å². The van der Waals surface area contributed by atoms with Gasteiger partial charge in [-0.1, -0.05) is 54.4 Å². The molecular weight excluding hydrogens is 544 g/mol. The monoisotopic (exact) mass is 594 g/mol. The van der Waals surface area contributed by atoms with Crippen molar-refractivity contribution in [2.45, 2.75) is 117 Å². The van der Waals surface area contributed by atoms with Crippen molar-refractivity contribution in [2.24, 2.45) is 11.8 Å². The van der Waals surface area contributed by atoms with Gasteiger partial charge in [-0.25, -0.2) is 9.78 Å². The fraction of sp³-hybridized carbons (Fsp3) is 0.767. The Labute approximate surface area is 249 Å². The number of esters is 1. The molecule has 0 bridgehead atoms. The maximum absolute atomic E-state index is 14.4. The van der Waals surface area contributed by atoms with E-state index in [0.717, 1.165) is 25.8 Å². The van der Waals surface area contributed by atoms with E-state index in [2.05, 4.69) is 10.3 Å². The molecule has 1 saturated heterocycles. The van der Waals surface area contributed by atoms with Crippen LogP contribution in [-0.2, 0) is 19.1 Å². The first-order chi connectivity index (χ1) is 19.4. The molecule has 0 aliphatic carbocycles. The molecule has 1 fully saturated rings. The number of nitrogens with zero attached hydrogens (tertiary/aromatic N) is 3. The van der Waals surface area contributed by atoms with Gasteiger partial charge in [0.1, 0.15) is 6.04 Å². The molecule has 2 amide bonds. The van der Waals surface area contributed by atoms with Crippen LogP contribution in [0.25, 0.3) is 0 Å². The third-order valence-electron chi connectivity index (χ3n) is 8.23. The molecule has 2 rings (SSSR count). The SMILES string of the molecule is CCCC(=O)OCN(C(=O)[C@@H](NC(=O)[C@H]1CCCCN1C)C(C)CC)[C@H](C[C@@H](CC)c1nc(C(=O)O)cs1)C(C)C. The van der Waals surface area contributed by atoms with Gasteiger partial charge in [0.2, 0.25) is 11.8 Å². The maximum atomic E-state index is 14.4. The van der Waals surface area contributed by atoms with Gasteiger partial charge in [0.05, 0.1) is 11.0 Å². The summed E-state index contributed by atoms with van der Waals surface area (Å²) >= 11 is 1.31. The number of thiazole rings is 1. The zero-order valence-electron chi connectivity index (χ0n) is 25.9. The highest BCUT2D eigenvalue weighted by atomic mass is 32.1. The topological polar surface area (TPSA) is 129 Å². The van der Waals surface area contributed by atoms with Crippen LogP contribution in [0.15, 0.2) is 5.38 Å². The average Bonchev–Trinajstić information content (AvgIpc) is 3.43. The molecule has 41 heavy (non-hydrogen) atoms. The highest BCUT2D eigenvalue weighted by Crippen LogP contribution is 2.32. The normalized spacial score (nSPS) is 18.8. The number of hydrogen-bond donors (Lipinski definition) is 2. The van der Waals surface area contributed by atoms with Crippen LogP contribution >= 0.6 is 11.3 Å². The molecule has 0 spiro atoms. The Hall–Kier alpha value is -2.53. The molecule has 1 aliphatic heterocycles. The lowest BCUT2D eigenvalue weighted by Crippen LogP contribution is -2.59. The molecule has 1 aliphatic rings. The van der Waals surface area contributed by atoms with E-state index in [0.29, 0.717) is 30.7 Å². The summed E-state index contributed by atoms with van der Waals surface area (Å²) in [5.41, 5.74) is 0.0122. The molecule has 1 aromatic rings. The van der Waals surface area contributed by atoms with Crippen molar-refractivity contribution in [1.29, 1.82) is 0 Å². The maximum Gasteiger partial charge on any atom is 0.355 e. The fourth-order valence-electron chi connectivity index (χ4n) is 5.32. The summed E-state index contributed by atoms with van der Waals surface area (Å²) in [6.45, 7) is 12.5. The molecule has 0 radical (unpaired) electrons. The van der Waals surface area contributed by atoms with E-state index in [-0.39, 0.29) is 66.5 Å². The second kappa shape index (κ2) is 16.8. The number of aromatic carboxylic acids is 1. The third-order valence-corrected chi connectivity index (χ3v) is 9.24. The number of carboxylic acids is 1. The first kappa shape index (κ1) is 34.7. The number of likely N-dealkylation sites (tertiary alicyclic amines) is 1. The van der Waals surface area contributed by atoms with Gasteiger partial charge in [-0.3, -0.25) is 19.3 Å². The Morgan fingerprint density at radius 1 is 1.17 bits per heavy atom. The van der Waals surface area contributed by atoms with Crippen molar-refractivity contribution in [3.63, 3.8) is 0 Å². The summed E-state index contributed by atoms with van der Waals surface area (Å²) in [5.74, 6) is -2.10. The van der Waals surface area contributed by atoms with Crippen molar-refractivity contribution in [3.05, 3.63) is 16.1 Å². The van der Waals surface area contributed by atoms with E-state index in [1.54, 1.807) is 4.90 Å². The number of rotatable bonds is 16. The summed E-state index contributed by atoms with van der Waals surface area (Å²) in [6.07, 6.45) is 5.56. The summed E-state index contributed by atoms with van der Waals surface area (Å²) in [5, 5.41) is 14.7. The number of amides is 2. The van der Waals surface area contributed by atoms with Gasteiger partial charge in [-0.05, 0) is 57.5 Å². The number of likely N-dealkylation sites (N-methyl/N-ethyl adjacent to an activating group) is 1. The molecule has 1 unspecified atom stereocenters. The number of ether oxygens (including phenoxy) is 1. The number of piperidine rings is 1. The molecule has 11 heteroatoms. The van der Waals surface area contributed by atoms with Crippen molar-refractivity contribution in [3.8, 4) is 0 Å². The van der Waals surface area contributed by atoms with Gasteiger partial charge in [0, 0.05) is 23.8 Å². The smallest absolute Gasteiger partial charge is 0.355 e. The van der Waals surface area contributed by atoms with Crippen molar-refractivity contribution in [2.75, 3.05) is 20.3 Å². The Bertz CT molecular complexity index is 1010. The molecular formula is C30H50N4O6S. The molecule has 232 valence electrons. The molecule has 0 aromatic carbocycles. The molecule has 5 atom stereocenters. The van der Waals surface area contributed by atoms with Crippen molar-refractivity contribution >= 4 is 35.1 Å². The number of carbonyl (C=O) groups excluding carboxylic acids is 3. The van der Waals surface area contributed by atoms with Crippen LogP contribution in [0.5, 0.6) is 0 Å². The largest absolute Gasteiger partial charge is 0.476 e. The molecule has 1 aromatic heterocycles. The lowest BCUT2D eigenvalue weighted by atomic mass is 9.88. The standard InChI is InChI=1S/C30H50N4O6S/c1-8-13-25(35)40-18-34(24(19(4)5)16-21(10-3)28-31-22(17-41-28)30(38)39)29(37)26(20(6)9-2)32-27(36)23-14-11-12-15-33(23)7/h17,19-21,23-24,26H,8-16,18H2,1-7H3,(H,32,36)(H,38,39)/t20?,21-,23-,24-,26+/m1/s1. The van der Waals surface area contributed by atoms with Gasteiger partial charge in [0.25, 0.3) is 0 Å². The minimum Gasteiger partial charge on any atom is -0.476 e. The molecule has 2 N–H and O–H groups in total. The Kier molecular flexibility index (Phi) is 14.2. The average molecular weight is 595 g/mol. The van der Waals surface area contributed by atoms with Crippen LogP contribution in [0.4, 0.5) is 0 Å². The lowest BCUT2D eigenvalue weighted by Gasteiger charge is -2.39. The third kappa shape index (κ3) is 9.77. The van der Waals surface area contributed by atoms with Gasteiger partial charge in [0.15, 0.2) is 12.4 Å². The lowest BCUT2D eigenvalue weighted by molar-refractivity contribution is -0.159. The van der Waals surface area contributed by atoms with Gasteiger partial charge >= 0.3 is 11.9 Å². The number of nitrogens with one attached hydrogen (secondary N) is 1. The molecule has 2 heterocycles. The van der Waals surface area contributed by atoms with E-state index in [1.165, 1.54) is 16.7 Å². The summed E-state index contributed by atoms with van der Waals surface area (Å²) < 4.78 is 5.61. The number of carboxylic acid groups (broad SMARTS) is 1. The summed E-state index contributed by atoms with van der Waals surface area (Å²) in [4.78, 5) is 59.7. The van der Waals surface area contributed by atoms with Gasteiger partial charge < -0.3 is 20.1 Å². The van der Waals surface area contributed by atoms with Crippen LogP contribution in [0.3, 0.4) is 0 Å². The zero-order chi connectivity index (χ0) is 30.7. The van der Waals surface area contributed by atoms with Crippen molar-refractivity contribution < 1.29 is 29.0 Å².